The zero-order valence-corrected chi connectivity index (χ0v) is 20.8. The van der Waals surface area contributed by atoms with Crippen LogP contribution >= 0.6 is 0 Å². The summed E-state index contributed by atoms with van der Waals surface area (Å²) in [5.74, 6) is -1.85. The minimum absolute atomic E-state index is 0.00270. The van der Waals surface area contributed by atoms with Crippen LogP contribution < -0.4 is 16.0 Å². The molecular weight excluding hydrogens is 450 g/mol. The molecule has 0 spiro atoms. The summed E-state index contributed by atoms with van der Waals surface area (Å²) in [6.45, 7) is 4.41. The summed E-state index contributed by atoms with van der Waals surface area (Å²) in [6, 6.07) is 7.17. The van der Waals surface area contributed by atoms with Gasteiger partial charge < -0.3 is 25.4 Å². The summed E-state index contributed by atoms with van der Waals surface area (Å²) in [5, 5.41) is 8.22. The minimum atomic E-state index is -1.17. The third-order valence-electron chi connectivity index (χ3n) is 5.98. The van der Waals surface area contributed by atoms with Gasteiger partial charge in [-0.15, -0.1) is 0 Å². The Kier molecular flexibility index (Phi) is 12.8. The molecule has 35 heavy (non-hydrogen) atoms. The number of ether oxygens (including phenoxy) is 2. The first-order valence-electron chi connectivity index (χ1n) is 12.6. The molecule has 1 aromatic rings. The fourth-order valence-electron chi connectivity index (χ4n) is 4.14. The molecule has 1 aliphatic rings. The van der Waals surface area contributed by atoms with Crippen LogP contribution in [0.1, 0.15) is 64.4 Å². The monoisotopic (exact) mass is 489 g/mol. The first-order valence-corrected chi connectivity index (χ1v) is 12.6. The van der Waals surface area contributed by atoms with E-state index in [0.717, 1.165) is 31.2 Å². The van der Waals surface area contributed by atoms with Gasteiger partial charge in [0.1, 0.15) is 18.7 Å². The fourth-order valence-corrected chi connectivity index (χ4v) is 4.14. The van der Waals surface area contributed by atoms with Gasteiger partial charge in [-0.1, -0.05) is 69.4 Å². The predicted molar refractivity (Wildman–Crippen MR) is 131 cm³/mol. The Morgan fingerprint density at radius 2 is 1.66 bits per heavy atom. The third-order valence-corrected chi connectivity index (χ3v) is 5.98. The molecule has 3 N–H and O–H groups in total. The second kappa shape index (κ2) is 15.9. The van der Waals surface area contributed by atoms with Gasteiger partial charge >= 0.3 is 11.9 Å². The van der Waals surface area contributed by atoms with Gasteiger partial charge in [-0.05, 0) is 31.4 Å². The number of amides is 2. The van der Waals surface area contributed by atoms with Gasteiger partial charge in [0.15, 0.2) is 0 Å². The van der Waals surface area contributed by atoms with Gasteiger partial charge in [-0.3, -0.25) is 14.4 Å². The van der Waals surface area contributed by atoms with E-state index in [1.807, 2.05) is 37.3 Å². The number of rotatable bonds is 14. The van der Waals surface area contributed by atoms with Crippen molar-refractivity contribution in [3.8, 4) is 0 Å². The molecule has 1 fully saturated rings. The van der Waals surface area contributed by atoms with Crippen LogP contribution in [0.15, 0.2) is 30.3 Å². The summed E-state index contributed by atoms with van der Waals surface area (Å²) in [5.41, 5.74) is 0.813. The Hall–Kier alpha value is -2.94. The highest BCUT2D eigenvalue weighted by molar-refractivity contribution is 5.93. The highest BCUT2D eigenvalue weighted by Gasteiger charge is 2.31. The van der Waals surface area contributed by atoms with Crippen LogP contribution in [0.4, 0.5) is 0 Å². The van der Waals surface area contributed by atoms with Crippen LogP contribution in [0, 0.1) is 5.92 Å². The van der Waals surface area contributed by atoms with Crippen molar-refractivity contribution in [1.29, 1.82) is 0 Å². The van der Waals surface area contributed by atoms with E-state index in [-0.39, 0.29) is 26.2 Å². The van der Waals surface area contributed by atoms with Crippen molar-refractivity contribution >= 4 is 23.8 Å². The fraction of sp³-hybridized carbons (Fsp3) is 0.615. The molecule has 9 heteroatoms. The number of benzene rings is 1. The van der Waals surface area contributed by atoms with Crippen LogP contribution in [0.25, 0.3) is 0 Å². The van der Waals surface area contributed by atoms with Crippen molar-refractivity contribution in [3.63, 3.8) is 0 Å². The van der Waals surface area contributed by atoms with Crippen LogP contribution in [0.2, 0.25) is 0 Å². The van der Waals surface area contributed by atoms with Crippen molar-refractivity contribution in [2.75, 3.05) is 19.7 Å². The molecule has 0 bridgehead atoms. The summed E-state index contributed by atoms with van der Waals surface area (Å²) >= 11 is 0. The standard InChI is InChI=1S/C26H39N3O6/c1-3-27-17-23(30)28-21(16-24(31)35-18-20-13-9-6-10-14-20)25(32)29-22(26(33)34-4-2)15-19-11-7-5-8-12-19/h6,9-10,13-14,19,21-22,27H,3-5,7-8,11-12,15-18H2,1-2H3,(H,28,30)(H,29,32)/t21-,22-/m0/s1. The average molecular weight is 490 g/mol. The maximum Gasteiger partial charge on any atom is 0.328 e. The number of carbonyl (C=O) groups is 4. The normalized spacial score (nSPS) is 15.5. The smallest absolute Gasteiger partial charge is 0.328 e. The zero-order chi connectivity index (χ0) is 25.5. The summed E-state index contributed by atoms with van der Waals surface area (Å²) in [4.78, 5) is 50.6. The molecule has 1 saturated carbocycles. The second-order valence-corrected chi connectivity index (χ2v) is 8.80. The van der Waals surface area contributed by atoms with Crippen molar-refractivity contribution < 1.29 is 28.7 Å². The van der Waals surface area contributed by atoms with Gasteiger partial charge in [-0.25, -0.2) is 4.79 Å². The third kappa shape index (κ3) is 10.9. The van der Waals surface area contributed by atoms with Crippen molar-refractivity contribution in [2.24, 2.45) is 5.92 Å². The molecule has 0 saturated heterocycles. The zero-order valence-electron chi connectivity index (χ0n) is 20.8. The Balaban J connectivity index is 2.05. The lowest BCUT2D eigenvalue weighted by atomic mass is 9.84. The highest BCUT2D eigenvalue weighted by Crippen LogP contribution is 2.27. The Labute approximate surface area is 207 Å². The molecule has 1 aliphatic carbocycles. The van der Waals surface area contributed by atoms with Gasteiger partial charge in [0.2, 0.25) is 11.8 Å². The molecule has 0 unspecified atom stereocenters. The predicted octanol–water partition coefficient (Wildman–Crippen LogP) is 2.23. The van der Waals surface area contributed by atoms with Crippen molar-refractivity contribution in [1.82, 2.24) is 16.0 Å². The summed E-state index contributed by atoms with van der Waals surface area (Å²) in [7, 11) is 0. The Morgan fingerprint density at radius 3 is 2.31 bits per heavy atom. The van der Waals surface area contributed by atoms with Gasteiger partial charge in [0.25, 0.3) is 0 Å². The van der Waals surface area contributed by atoms with E-state index in [1.54, 1.807) is 6.92 Å². The quantitative estimate of drug-likeness (QED) is 0.343. The lowest BCUT2D eigenvalue weighted by Crippen LogP contribution is -2.54. The van der Waals surface area contributed by atoms with Gasteiger partial charge in [0, 0.05) is 0 Å². The molecule has 2 rings (SSSR count). The lowest BCUT2D eigenvalue weighted by molar-refractivity contribution is -0.149. The minimum Gasteiger partial charge on any atom is -0.464 e. The Morgan fingerprint density at radius 1 is 0.943 bits per heavy atom. The summed E-state index contributed by atoms with van der Waals surface area (Å²) < 4.78 is 10.5. The highest BCUT2D eigenvalue weighted by atomic mass is 16.5. The molecule has 0 heterocycles. The van der Waals surface area contributed by atoms with E-state index < -0.39 is 35.8 Å². The maximum absolute atomic E-state index is 13.2. The number of hydrogen-bond donors (Lipinski definition) is 3. The molecule has 1 aromatic carbocycles. The number of esters is 2. The molecule has 0 radical (unpaired) electrons. The molecular formula is C26H39N3O6. The maximum atomic E-state index is 13.2. The number of hydrogen-bond acceptors (Lipinski definition) is 7. The molecule has 0 aromatic heterocycles. The van der Waals surface area contributed by atoms with Gasteiger partial charge in [-0.2, -0.15) is 0 Å². The molecule has 9 nitrogen and oxygen atoms in total. The molecule has 2 amide bonds. The largest absolute Gasteiger partial charge is 0.464 e. The summed E-state index contributed by atoms with van der Waals surface area (Å²) in [6.07, 6.45) is 5.50. The SMILES string of the molecule is CCNCC(=O)N[C@@H](CC(=O)OCc1ccccc1)C(=O)N[C@@H](CC1CCCCC1)C(=O)OCC. The van der Waals surface area contributed by atoms with Crippen LogP contribution in [-0.4, -0.2) is 55.5 Å². The van der Waals surface area contributed by atoms with Crippen molar-refractivity contribution in [3.05, 3.63) is 35.9 Å². The first-order chi connectivity index (χ1) is 16.9. The van der Waals surface area contributed by atoms with E-state index in [0.29, 0.717) is 18.9 Å². The van der Waals surface area contributed by atoms with Crippen molar-refractivity contribution in [2.45, 2.75) is 77.5 Å². The molecule has 0 aliphatic heterocycles. The van der Waals surface area contributed by atoms with Crippen LogP contribution in [0.5, 0.6) is 0 Å². The average Bonchev–Trinajstić information content (AvgIpc) is 2.86. The van der Waals surface area contributed by atoms with E-state index in [9.17, 15) is 19.2 Å². The topological polar surface area (TPSA) is 123 Å². The van der Waals surface area contributed by atoms with E-state index in [1.165, 1.54) is 6.42 Å². The second-order valence-electron chi connectivity index (χ2n) is 8.80. The van der Waals surface area contributed by atoms with Crippen LogP contribution in [-0.2, 0) is 35.3 Å². The van der Waals surface area contributed by atoms with E-state index in [2.05, 4.69) is 16.0 Å². The van der Waals surface area contributed by atoms with E-state index in [4.69, 9.17) is 9.47 Å². The Bertz CT molecular complexity index is 811. The molecule has 2 atom stereocenters. The van der Waals surface area contributed by atoms with Gasteiger partial charge in [0.05, 0.1) is 19.6 Å². The number of likely N-dealkylation sites (N-methyl/N-ethyl adjacent to an activating group) is 1. The molecule has 194 valence electrons. The first kappa shape index (κ1) is 28.3. The number of nitrogens with one attached hydrogen (secondary N) is 3. The van der Waals surface area contributed by atoms with E-state index >= 15 is 0 Å². The number of carbonyl (C=O) groups excluding carboxylic acids is 4. The van der Waals surface area contributed by atoms with Crippen LogP contribution in [0.3, 0.4) is 0 Å². The lowest BCUT2D eigenvalue weighted by Gasteiger charge is -2.27.